The predicted octanol–water partition coefficient (Wildman–Crippen LogP) is -0.261. The highest BCUT2D eigenvalue weighted by molar-refractivity contribution is 7.99. The van der Waals surface area contributed by atoms with E-state index in [4.69, 9.17) is 15.2 Å². The number of fused-ring (bicyclic) bond motifs is 1. The molecule has 2 aromatic heterocycles. The highest BCUT2D eigenvalue weighted by Crippen LogP contribution is 2.33. The molecule has 0 radical (unpaired) electrons. The number of anilines is 1. The number of carboxylic acids is 1. The van der Waals surface area contributed by atoms with E-state index in [1.54, 1.807) is 20.8 Å². The molecule has 0 spiro atoms. The van der Waals surface area contributed by atoms with Gasteiger partial charge in [-0.05, 0) is 20.8 Å². The van der Waals surface area contributed by atoms with Gasteiger partial charge < -0.3 is 35.8 Å². The number of nitrogens with two attached hydrogens (primary N) is 1. The molecule has 1 aliphatic heterocycles. The van der Waals surface area contributed by atoms with E-state index in [0.29, 0.717) is 11.2 Å². The van der Waals surface area contributed by atoms with Gasteiger partial charge in [-0.3, -0.25) is 4.57 Å². The van der Waals surface area contributed by atoms with Gasteiger partial charge in [0, 0.05) is 11.5 Å². The summed E-state index contributed by atoms with van der Waals surface area (Å²) >= 11 is 1.14. The fourth-order valence-corrected chi connectivity index (χ4v) is 4.19. The number of rotatable bonds is 7. The van der Waals surface area contributed by atoms with Crippen LogP contribution in [0.1, 0.15) is 27.0 Å². The van der Waals surface area contributed by atoms with Gasteiger partial charge in [-0.2, -0.15) is 11.8 Å². The first-order valence-electron chi connectivity index (χ1n) is 9.72. The maximum atomic E-state index is 11.9. The summed E-state index contributed by atoms with van der Waals surface area (Å²) in [6, 6.07) is -1.20. The Hall–Kier alpha value is -2.68. The molecule has 4 unspecified atom stereocenters. The largest absolute Gasteiger partial charge is 0.480 e. The second kappa shape index (κ2) is 9.44. The second-order valence-electron chi connectivity index (χ2n) is 8.20. The first-order chi connectivity index (χ1) is 15.0. The fraction of sp³-hybridized carbons (Fsp3) is 0.611. The Kier molecular flexibility index (Phi) is 7.07. The Bertz CT molecular complexity index is 980. The fourth-order valence-electron chi connectivity index (χ4n) is 3.08. The van der Waals surface area contributed by atoms with Crippen LogP contribution in [0.2, 0.25) is 0 Å². The number of nitrogens with one attached hydrogen (secondary N) is 1. The molecule has 1 fully saturated rings. The van der Waals surface area contributed by atoms with E-state index in [2.05, 4.69) is 20.3 Å². The molecule has 1 amide bonds. The number of aliphatic hydroxyl groups excluding tert-OH is 2. The number of hydrogen-bond acceptors (Lipinski definition) is 11. The van der Waals surface area contributed by atoms with Crippen LogP contribution < -0.4 is 11.1 Å². The number of carbonyl (C=O) groups excluding carboxylic acids is 1. The number of aliphatic hydroxyl groups is 2. The summed E-state index contributed by atoms with van der Waals surface area (Å²) in [6.07, 6.45) is -2.47. The van der Waals surface area contributed by atoms with Crippen LogP contribution in [0, 0.1) is 0 Å². The third-order valence-electron chi connectivity index (χ3n) is 4.55. The van der Waals surface area contributed by atoms with E-state index in [9.17, 15) is 24.9 Å². The smallest absolute Gasteiger partial charge is 0.408 e. The molecule has 3 heterocycles. The van der Waals surface area contributed by atoms with E-state index >= 15 is 0 Å². The number of thioether (sulfide) groups is 1. The van der Waals surface area contributed by atoms with Crippen LogP contribution in [0.25, 0.3) is 11.2 Å². The van der Waals surface area contributed by atoms with Crippen molar-refractivity contribution in [2.45, 2.75) is 57.0 Å². The summed E-state index contributed by atoms with van der Waals surface area (Å²) in [5.41, 5.74) is 5.69. The van der Waals surface area contributed by atoms with Gasteiger partial charge in [-0.1, -0.05) is 0 Å². The Morgan fingerprint density at radius 2 is 2.03 bits per heavy atom. The Morgan fingerprint density at radius 3 is 2.69 bits per heavy atom. The van der Waals surface area contributed by atoms with Gasteiger partial charge in [0.05, 0.1) is 12.4 Å². The van der Waals surface area contributed by atoms with Crippen LogP contribution in [-0.4, -0.2) is 88.4 Å². The quantitative estimate of drug-likeness (QED) is 0.356. The molecular weight excluding hydrogens is 444 g/mol. The lowest BCUT2D eigenvalue weighted by molar-refractivity contribution is -0.138. The molecule has 6 N–H and O–H groups in total. The molecule has 13 nitrogen and oxygen atoms in total. The van der Waals surface area contributed by atoms with Crippen molar-refractivity contribution in [3.05, 3.63) is 12.7 Å². The zero-order valence-corrected chi connectivity index (χ0v) is 18.5. The van der Waals surface area contributed by atoms with Gasteiger partial charge in [-0.15, -0.1) is 0 Å². The monoisotopic (exact) mass is 470 g/mol. The average molecular weight is 471 g/mol. The number of carboxylic acid groups (broad SMARTS) is 1. The molecule has 1 saturated heterocycles. The SMILES string of the molecule is CC(C)(C)OC(=O)N[C@@H](CSCC1OC(n2cnc3c(N)ncnc32)C(O)C1O)C(=O)O. The van der Waals surface area contributed by atoms with Crippen molar-refractivity contribution in [3.8, 4) is 0 Å². The minimum Gasteiger partial charge on any atom is -0.480 e. The van der Waals surface area contributed by atoms with Gasteiger partial charge in [0.15, 0.2) is 17.7 Å². The molecule has 5 atom stereocenters. The van der Waals surface area contributed by atoms with Crippen molar-refractivity contribution in [1.82, 2.24) is 24.8 Å². The number of alkyl carbamates (subject to hydrolysis) is 1. The minimum atomic E-state index is -1.27. The molecule has 3 rings (SSSR count). The van der Waals surface area contributed by atoms with E-state index in [-0.39, 0.29) is 17.3 Å². The van der Waals surface area contributed by atoms with Crippen molar-refractivity contribution >= 4 is 40.8 Å². The summed E-state index contributed by atoms with van der Waals surface area (Å²) in [7, 11) is 0. The number of carbonyl (C=O) groups is 2. The molecule has 0 aromatic carbocycles. The predicted molar refractivity (Wildman–Crippen MR) is 114 cm³/mol. The molecule has 2 aromatic rings. The van der Waals surface area contributed by atoms with Crippen LogP contribution >= 0.6 is 11.8 Å². The van der Waals surface area contributed by atoms with Gasteiger partial charge in [0.2, 0.25) is 0 Å². The Morgan fingerprint density at radius 1 is 1.31 bits per heavy atom. The molecule has 0 aliphatic carbocycles. The van der Waals surface area contributed by atoms with E-state index in [1.807, 2.05) is 0 Å². The first kappa shape index (κ1) is 24.0. The molecule has 0 bridgehead atoms. The zero-order valence-electron chi connectivity index (χ0n) is 17.7. The summed E-state index contributed by atoms with van der Waals surface area (Å²) in [5, 5.41) is 32.6. The van der Waals surface area contributed by atoms with Crippen molar-refractivity contribution in [2.75, 3.05) is 17.2 Å². The number of nitrogen functional groups attached to an aromatic ring is 1. The lowest BCUT2D eigenvalue weighted by Crippen LogP contribution is -2.45. The van der Waals surface area contributed by atoms with E-state index in [0.717, 1.165) is 11.8 Å². The Balaban J connectivity index is 1.60. The van der Waals surface area contributed by atoms with E-state index < -0.39 is 48.2 Å². The summed E-state index contributed by atoms with van der Waals surface area (Å²) in [6.45, 7) is 5.00. The van der Waals surface area contributed by atoms with Gasteiger partial charge in [-0.25, -0.2) is 24.5 Å². The highest BCUT2D eigenvalue weighted by Gasteiger charge is 2.44. The molecule has 14 heteroatoms. The zero-order chi connectivity index (χ0) is 23.6. The Labute approximate surface area is 187 Å². The van der Waals surface area contributed by atoms with E-state index in [1.165, 1.54) is 17.2 Å². The normalized spacial score (nSPS) is 24.4. The number of aliphatic carboxylic acids is 1. The topological polar surface area (TPSA) is 195 Å². The molecule has 0 saturated carbocycles. The molecule has 1 aliphatic rings. The summed E-state index contributed by atoms with van der Waals surface area (Å²) in [5.74, 6) is -0.889. The standard InChI is InChI=1S/C18H26N6O7S/c1-18(2,3)31-17(29)23-8(16(27)28)4-32-5-9-11(25)12(26)15(30-9)24-7-22-10-13(19)20-6-21-14(10)24/h6-9,11-12,15,25-26H,4-5H2,1-3H3,(H,23,29)(H,27,28)(H2,19,20,21)/t8-,9?,11?,12?,15?/m0/s1. The molecule has 32 heavy (non-hydrogen) atoms. The highest BCUT2D eigenvalue weighted by atomic mass is 32.2. The van der Waals surface area contributed by atoms with Crippen molar-refractivity contribution in [3.63, 3.8) is 0 Å². The number of nitrogens with zero attached hydrogens (tertiary/aromatic N) is 4. The molecule has 176 valence electrons. The van der Waals surface area contributed by atoms with Crippen molar-refractivity contribution in [1.29, 1.82) is 0 Å². The lowest BCUT2D eigenvalue weighted by atomic mass is 10.1. The van der Waals surface area contributed by atoms with Crippen LogP contribution in [-0.2, 0) is 14.3 Å². The average Bonchev–Trinajstić information content (AvgIpc) is 3.23. The van der Waals surface area contributed by atoms with Gasteiger partial charge >= 0.3 is 12.1 Å². The van der Waals surface area contributed by atoms with Crippen LogP contribution in [0.4, 0.5) is 10.6 Å². The lowest BCUT2D eigenvalue weighted by Gasteiger charge is -2.22. The molecular formula is C18H26N6O7S. The summed E-state index contributed by atoms with van der Waals surface area (Å²) < 4.78 is 12.3. The van der Waals surface area contributed by atoms with Crippen LogP contribution in [0.3, 0.4) is 0 Å². The number of ether oxygens (including phenoxy) is 2. The van der Waals surface area contributed by atoms with Crippen molar-refractivity contribution < 1.29 is 34.4 Å². The number of hydrogen-bond donors (Lipinski definition) is 5. The first-order valence-corrected chi connectivity index (χ1v) is 10.9. The van der Waals surface area contributed by atoms with Crippen molar-refractivity contribution in [2.24, 2.45) is 0 Å². The van der Waals surface area contributed by atoms with Gasteiger partial charge in [0.1, 0.15) is 35.7 Å². The summed E-state index contributed by atoms with van der Waals surface area (Å²) in [4.78, 5) is 35.4. The van der Waals surface area contributed by atoms with Crippen LogP contribution in [0.5, 0.6) is 0 Å². The number of aromatic nitrogens is 4. The van der Waals surface area contributed by atoms with Gasteiger partial charge in [0.25, 0.3) is 0 Å². The third kappa shape index (κ3) is 5.38. The maximum absolute atomic E-state index is 11.9. The minimum absolute atomic E-state index is 0.000315. The number of amides is 1. The van der Waals surface area contributed by atoms with Crippen LogP contribution in [0.15, 0.2) is 12.7 Å². The maximum Gasteiger partial charge on any atom is 0.408 e. The number of imidazole rings is 1. The second-order valence-corrected chi connectivity index (χ2v) is 9.28. The third-order valence-corrected chi connectivity index (χ3v) is 5.69.